The Hall–Kier alpha value is 3.42. The third-order valence-corrected chi connectivity index (χ3v) is 16.6. The predicted octanol–water partition coefficient (Wildman–Crippen LogP) is 9.54. The summed E-state index contributed by atoms with van der Waals surface area (Å²) >= 11 is 33.5. The lowest BCUT2D eigenvalue weighted by Crippen LogP contribution is -1.83. The van der Waals surface area contributed by atoms with Crippen LogP contribution in [0.4, 0.5) is 0 Å². The second-order valence-corrected chi connectivity index (χ2v) is 17.7. The van der Waals surface area contributed by atoms with Gasteiger partial charge in [-0.3, -0.25) is 0 Å². The first-order chi connectivity index (χ1) is 14.7. The van der Waals surface area contributed by atoms with Crippen LogP contribution in [0.1, 0.15) is 25.7 Å². The van der Waals surface area contributed by atoms with Gasteiger partial charge in [-0.25, -0.2) is 0 Å². The van der Waals surface area contributed by atoms with E-state index in [1.807, 2.05) is 94.1 Å². The first kappa shape index (κ1) is 29.6. The van der Waals surface area contributed by atoms with E-state index in [1.165, 1.54) is 25.4 Å². The van der Waals surface area contributed by atoms with E-state index in [1.54, 1.807) is 0 Å². The molecule has 0 fully saturated rings. The molecule has 2 heterocycles. The standard InChI is InChI=1S/C18H28S12/c19-5-1-9-23-13-14(24-10-2-6-20)28-17(27-13)18-29-15(25-11-3-7-21)16(30-18)26-12-4-8-22/h19-22H,1-12H2. The van der Waals surface area contributed by atoms with E-state index in [4.69, 9.17) is 0 Å². The third kappa shape index (κ3) is 11.0. The molecule has 0 N–H and O–H groups in total. The molecule has 0 radical (unpaired) electrons. The second kappa shape index (κ2) is 18.7. The van der Waals surface area contributed by atoms with Crippen LogP contribution in [0.25, 0.3) is 0 Å². The van der Waals surface area contributed by atoms with Gasteiger partial charge < -0.3 is 0 Å². The van der Waals surface area contributed by atoms with Gasteiger partial charge in [-0.1, -0.05) is 47.0 Å². The smallest absolute Gasteiger partial charge is 0.0717 e. The maximum Gasteiger partial charge on any atom is 0.0717 e. The molecular formula is C18H28S12. The van der Waals surface area contributed by atoms with Gasteiger partial charge in [-0.05, 0) is 71.7 Å². The van der Waals surface area contributed by atoms with Crippen LogP contribution in [0.15, 0.2) is 25.4 Å². The highest BCUT2D eigenvalue weighted by Gasteiger charge is 2.30. The predicted molar refractivity (Wildman–Crippen MR) is 175 cm³/mol. The molecule has 12 heteroatoms. The van der Waals surface area contributed by atoms with Gasteiger partial charge in [0, 0.05) is 0 Å². The van der Waals surface area contributed by atoms with Gasteiger partial charge in [-0.2, -0.15) is 50.5 Å². The number of hydrogen-bond acceptors (Lipinski definition) is 12. The average molecular weight is 629 g/mol. The maximum atomic E-state index is 4.38. The van der Waals surface area contributed by atoms with Crippen molar-refractivity contribution in [2.75, 3.05) is 46.0 Å². The van der Waals surface area contributed by atoms with Crippen molar-refractivity contribution in [1.82, 2.24) is 0 Å². The summed E-state index contributed by atoms with van der Waals surface area (Å²) in [6.45, 7) is 0. The molecule has 0 aliphatic carbocycles. The van der Waals surface area contributed by atoms with Crippen molar-refractivity contribution in [2.45, 2.75) is 25.7 Å². The van der Waals surface area contributed by atoms with Gasteiger partial charge in [0.05, 0.1) is 25.4 Å². The lowest BCUT2D eigenvalue weighted by Gasteiger charge is -2.03. The van der Waals surface area contributed by atoms with Crippen molar-refractivity contribution >= 4 is 145 Å². The summed E-state index contributed by atoms with van der Waals surface area (Å²) in [7, 11) is 0. The molecule has 2 aliphatic heterocycles. The normalized spacial score (nSPS) is 17.2. The second-order valence-electron chi connectivity index (χ2n) is 5.84. The van der Waals surface area contributed by atoms with Gasteiger partial charge in [0.1, 0.15) is 0 Å². The Morgan fingerprint density at radius 3 is 0.867 bits per heavy atom. The number of thiol groups is 4. The van der Waals surface area contributed by atoms with Crippen LogP contribution in [0.3, 0.4) is 0 Å². The third-order valence-electron chi connectivity index (χ3n) is 3.38. The zero-order valence-corrected chi connectivity index (χ0v) is 26.6. The minimum Gasteiger partial charge on any atom is -0.179 e. The minimum absolute atomic E-state index is 0.962. The number of hydrogen-bond donors (Lipinski definition) is 4. The monoisotopic (exact) mass is 628 g/mol. The Kier molecular flexibility index (Phi) is 18.4. The molecule has 0 amide bonds. The summed E-state index contributed by atoms with van der Waals surface area (Å²) in [5.41, 5.74) is 0. The van der Waals surface area contributed by atoms with Gasteiger partial charge in [-0.15, -0.1) is 47.0 Å². The maximum absolute atomic E-state index is 4.38. The zero-order valence-electron chi connectivity index (χ0n) is 16.5. The Bertz CT molecular complexity index is 512. The van der Waals surface area contributed by atoms with E-state index in [9.17, 15) is 0 Å². The molecule has 0 aromatic rings. The fourth-order valence-electron chi connectivity index (χ4n) is 1.98. The van der Waals surface area contributed by atoms with E-state index in [2.05, 4.69) is 50.5 Å². The van der Waals surface area contributed by atoms with Crippen molar-refractivity contribution in [3.05, 3.63) is 25.4 Å². The quantitative estimate of drug-likeness (QED) is 0.0973. The molecule has 0 spiro atoms. The minimum atomic E-state index is 0.962. The largest absolute Gasteiger partial charge is 0.179 e. The van der Waals surface area contributed by atoms with E-state index in [0.717, 1.165) is 71.7 Å². The number of rotatable bonds is 16. The first-order valence-corrected chi connectivity index (χ1v) is 19.4. The molecule has 0 aromatic heterocycles. The van der Waals surface area contributed by atoms with E-state index < -0.39 is 0 Å². The Labute approximate surface area is 238 Å². The van der Waals surface area contributed by atoms with Crippen molar-refractivity contribution in [2.24, 2.45) is 0 Å². The summed E-state index contributed by atoms with van der Waals surface area (Å²) in [6, 6.07) is 0. The summed E-state index contributed by atoms with van der Waals surface area (Å²) in [5.74, 6) is 8.46. The molecule has 0 bridgehead atoms. The fourth-order valence-corrected chi connectivity index (χ4v) is 15.5. The molecule has 0 aromatic carbocycles. The molecule has 2 aliphatic rings. The summed E-state index contributed by atoms with van der Waals surface area (Å²) in [4.78, 5) is 0. The van der Waals surface area contributed by atoms with E-state index in [-0.39, 0.29) is 0 Å². The van der Waals surface area contributed by atoms with Crippen molar-refractivity contribution in [3.63, 3.8) is 0 Å². The van der Waals surface area contributed by atoms with Gasteiger partial charge in [0.2, 0.25) is 0 Å². The van der Waals surface area contributed by atoms with Crippen LogP contribution in [0.2, 0.25) is 0 Å². The Morgan fingerprint density at radius 1 is 0.433 bits per heavy atom. The van der Waals surface area contributed by atoms with Gasteiger partial charge in [0.15, 0.2) is 0 Å². The van der Waals surface area contributed by atoms with Crippen LogP contribution >= 0.6 is 145 Å². The molecule has 0 saturated heterocycles. The van der Waals surface area contributed by atoms with Crippen LogP contribution in [-0.4, -0.2) is 46.0 Å². The topological polar surface area (TPSA) is 0 Å². The molecule has 0 atom stereocenters. The molecule has 0 nitrogen and oxygen atoms in total. The molecule has 0 saturated carbocycles. The summed E-state index contributed by atoms with van der Waals surface area (Å²) in [6.07, 6.45) is 4.63. The summed E-state index contributed by atoms with van der Waals surface area (Å²) in [5, 5.41) is 0. The highest BCUT2D eigenvalue weighted by atomic mass is 32.3. The molecule has 172 valence electrons. The average Bonchev–Trinajstić information content (AvgIpc) is 3.33. The Balaban J connectivity index is 2.05. The number of thioether (sulfide) groups is 8. The molecule has 0 unspecified atom stereocenters. The van der Waals surface area contributed by atoms with Crippen LogP contribution < -0.4 is 0 Å². The van der Waals surface area contributed by atoms with Gasteiger partial charge >= 0.3 is 0 Å². The highest BCUT2D eigenvalue weighted by molar-refractivity contribution is 8.45. The lowest BCUT2D eigenvalue weighted by molar-refractivity contribution is 1.13. The van der Waals surface area contributed by atoms with Crippen molar-refractivity contribution in [1.29, 1.82) is 0 Å². The summed E-state index contributed by atoms with van der Waals surface area (Å²) < 4.78 is 8.93. The van der Waals surface area contributed by atoms with Crippen LogP contribution in [-0.2, 0) is 0 Å². The lowest BCUT2D eigenvalue weighted by atomic mass is 10.6. The first-order valence-electron chi connectivity index (χ1n) is 9.62. The Morgan fingerprint density at radius 2 is 0.667 bits per heavy atom. The zero-order chi connectivity index (χ0) is 21.6. The van der Waals surface area contributed by atoms with Crippen molar-refractivity contribution < 1.29 is 0 Å². The highest BCUT2D eigenvalue weighted by Crippen LogP contribution is 2.66. The SMILES string of the molecule is SCCCSC1=C(SCCCS)SC(=C2SC(SCCCS)=C(SCCCS)S2)S1. The fraction of sp³-hybridized carbons (Fsp3) is 0.667. The van der Waals surface area contributed by atoms with E-state index in [0.29, 0.717) is 0 Å². The van der Waals surface area contributed by atoms with Gasteiger partial charge in [0.25, 0.3) is 0 Å². The van der Waals surface area contributed by atoms with Crippen LogP contribution in [0.5, 0.6) is 0 Å². The van der Waals surface area contributed by atoms with Crippen molar-refractivity contribution in [3.8, 4) is 0 Å². The van der Waals surface area contributed by atoms with Crippen LogP contribution in [0, 0.1) is 0 Å². The van der Waals surface area contributed by atoms with E-state index >= 15 is 0 Å². The molecule has 30 heavy (non-hydrogen) atoms. The molecular weight excluding hydrogens is 601 g/mol. The molecule has 2 rings (SSSR count).